The van der Waals surface area contributed by atoms with Crippen molar-refractivity contribution in [3.05, 3.63) is 100.0 Å². The van der Waals surface area contributed by atoms with Gasteiger partial charge in [0.25, 0.3) is 11.6 Å². The van der Waals surface area contributed by atoms with Crippen LogP contribution in [0.15, 0.2) is 72.8 Å². The molecule has 0 saturated carbocycles. The molecule has 0 aliphatic carbocycles. The molecule has 1 heterocycles. The Balaban J connectivity index is 1.63. The normalized spacial score (nSPS) is 10.7. The molecule has 3 aromatic carbocycles. The Labute approximate surface area is 212 Å². The lowest BCUT2D eigenvalue weighted by atomic mass is 10.1. The average Bonchev–Trinajstić information content (AvgIpc) is 3.37. The highest BCUT2D eigenvalue weighted by atomic mass is 19.1. The zero-order chi connectivity index (χ0) is 26.5. The first-order chi connectivity index (χ1) is 17.8. The molecule has 37 heavy (non-hydrogen) atoms. The summed E-state index contributed by atoms with van der Waals surface area (Å²) in [5.74, 6) is 0.551. The van der Waals surface area contributed by atoms with Gasteiger partial charge in [0.1, 0.15) is 11.5 Å². The number of nitrogens with zero attached hydrogens (tertiary/aromatic N) is 4. The minimum Gasteiger partial charge on any atom is -0.493 e. The first-order valence-electron chi connectivity index (χ1n) is 11.4. The van der Waals surface area contributed by atoms with Crippen molar-refractivity contribution in [1.29, 1.82) is 0 Å². The van der Waals surface area contributed by atoms with E-state index in [-0.39, 0.29) is 23.1 Å². The molecule has 9 nitrogen and oxygen atoms in total. The lowest BCUT2D eigenvalue weighted by Gasteiger charge is -2.18. The van der Waals surface area contributed by atoms with E-state index in [1.165, 1.54) is 41.1 Å². The van der Waals surface area contributed by atoms with E-state index in [2.05, 4.69) is 5.10 Å². The van der Waals surface area contributed by atoms with Gasteiger partial charge in [-0.3, -0.25) is 14.9 Å². The van der Waals surface area contributed by atoms with Gasteiger partial charge in [-0.15, -0.1) is 0 Å². The highest BCUT2D eigenvalue weighted by Gasteiger charge is 2.21. The van der Waals surface area contributed by atoms with Crippen molar-refractivity contribution >= 4 is 11.6 Å². The van der Waals surface area contributed by atoms with Gasteiger partial charge in [-0.05, 0) is 66.6 Å². The molecule has 0 N–H and O–H groups in total. The van der Waals surface area contributed by atoms with Gasteiger partial charge in [-0.2, -0.15) is 5.10 Å². The van der Waals surface area contributed by atoms with Crippen molar-refractivity contribution in [1.82, 2.24) is 14.7 Å². The summed E-state index contributed by atoms with van der Waals surface area (Å²) in [6, 6.07) is 18.8. The van der Waals surface area contributed by atoms with Crippen molar-refractivity contribution in [3.8, 4) is 28.4 Å². The van der Waals surface area contributed by atoms with Crippen LogP contribution in [-0.2, 0) is 6.42 Å². The highest BCUT2D eigenvalue weighted by molar-refractivity contribution is 5.94. The fourth-order valence-electron chi connectivity index (χ4n) is 3.84. The van der Waals surface area contributed by atoms with Gasteiger partial charge < -0.3 is 14.4 Å². The second-order valence-electron chi connectivity index (χ2n) is 8.27. The number of aromatic nitrogens is 2. The SMILES string of the molecule is COc1ccc(CCN(C)C(=O)c2cc(-c3ccc(F)cc3)nn2-c2ccc([N+](=O)[O-])cc2)cc1OC. The molecule has 4 aromatic rings. The third-order valence-corrected chi connectivity index (χ3v) is 5.90. The molecule has 4 rings (SSSR count). The van der Waals surface area contributed by atoms with E-state index in [9.17, 15) is 19.3 Å². The molecule has 0 bridgehead atoms. The number of nitro benzene ring substituents is 1. The zero-order valence-electron chi connectivity index (χ0n) is 20.6. The van der Waals surface area contributed by atoms with Crippen LogP contribution in [0.1, 0.15) is 16.1 Å². The molecule has 0 aliphatic heterocycles. The summed E-state index contributed by atoms with van der Waals surface area (Å²) in [6.45, 7) is 0.408. The Hall–Kier alpha value is -4.73. The number of methoxy groups -OCH3 is 2. The fourth-order valence-corrected chi connectivity index (χ4v) is 3.84. The number of nitro groups is 1. The van der Waals surface area contributed by atoms with Crippen molar-refractivity contribution in [3.63, 3.8) is 0 Å². The van der Waals surface area contributed by atoms with Crippen molar-refractivity contribution < 1.29 is 23.6 Å². The van der Waals surface area contributed by atoms with Crippen LogP contribution in [0, 0.1) is 15.9 Å². The molecule has 0 unspecified atom stereocenters. The van der Waals surface area contributed by atoms with E-state index in [1.54, 1.807) is 44.4 Å². The monoisotopic (exact) mass is 504 g/mol. The topological polar surface area (TPSA) is 99.7 Å². The first kappa shape index (κ1) is 25.4. The van der Waals surface area contributed by atoms with Crippen LogP contribution in [0.2, 0.25) is 0 Å². The highest BCUT2D eigenvalue weighted by Crippen LogP contribution is 2.28. The maximum absolute atomic E-state index is 13.5. The number of halogens is 1. The van der Waals surface area contributed by atoms with Gasteiger partial charge >= 0.3 is 0 Å². The molecule has 0 aliphatic rings. The van der Waals surface area contributed by atoms with Crippen LogP contribution < -0.4 is 9.47 Å². The summed E-state index contributed by atoms with van der Waals surface area (Å²) in [5.41, 5.74) is 2.74. The summed E-state index contributed by atoms with van der Waals surface area (Å²) < 4.78 is 25.5. The van der Waals surface area contributed by atoms with Crippen LogP contribution in [0.5, 0.6) is 11.5 Å². The number of amides is 1. The molecule has 1 amide bonds. The summed E-state index contributed by atoms with van der Waals surface area (Å²) >= 11 is 0. The second kappa shape index (κ2) is 10.9. The third-order valence-electron chi connectivity index (χ3n) is 5.90. The second-order valence-corrected chi connectivity index (χ2v) is 8.27. The molecule has 0 saturated heterocycles. The van der Waals surface area contributed by atoms with Gasteiger partial charge in [0.15, 0.2) is 11.5 Å². The van der Waals surface area contributed by atoms with E-state index in [0.29, 0.717) is 41.4 Å². The van der Waals surface area contributed by atoms with E-state index in [0.717, 1.165) is 5.56 Å². The van der Waals surface area contributed by atoms with Gasteiger partial charge in [0, 0.05) is 31.3 Å². The Morgan fingerprint density at radius 2 is 1.68 bits per heavy atom. The number of likely N-dealkylation sites (N-methyl/N-ethyl adjacent to an activating group) is 1. The summed E-state index contributed by atoms with van der Waals surface area (Å²) in [4.78, 5) is 25.7. The number of carbonyl (C=O) groups is 1. The van der Waals surface area contributed by atoms with E-state index >= 15 is 0 Å². The summed E-state index contributed by atoms with van der Waals surface area (Å²) in [5, 5.41) is 15.6. The number of hydrogen-bond donors (Lipinski definition) is 0. The van der Waals surface area contributed by atoms with Crippen molar-refractivity contribution in [2.45, 2.75) is 6.42 Å². The molecule has 1 aromatic heterocycles. The van der Waals surface area contributed by atoms with E-state index < -0.39 is 4.92 Å². The zero-order valence-corrected chi connectivity index (χ0v) is 20.6. The molecular formula is C27H25FN4O5. The Kier molecular flexibility index (Phi) is 7.47. The Bertz CT molecular complexity index is 1420. The van der Waals surface area contributed by atoms with Gasteiger partial charge in [-0.1, -0.05) is 6.07 Å². The number of hydrogen-bond acceptors (Lipinski definition) is 6. The number of non-ortho nitro benzene ring substituents is 1. The fraction of sp³-hybridized carbons (Fsp3) is 0.185. The summed E-state index contributed by atoms with van der Waals surface area (Å²) in [7, 11) is 4.82. The molecule has 190 valence electrons. The van der Waals surface area contributed by atoms with Gasteiger partial charge in [0.2, 0.25) is 0 Å². The van der Waals surface area contributed by atoms with Gasteiger partial charge in [-0.25, -0.2) is 9.07 Å². The quantitative estimate of drug-likeness (QED) is 0.237. The number of carbonyl (C=O) groups excluding carboxylic acids is 1. The van der Waals surface area contributed by atoms with Crippen molar-refractivity contribution in [2.24, 2.45) is 0 Å². The maximum Gasteiger partial charge on any atom is 0.272 e. The molecule has 0 fully saturated rings. The minimum absolute atomic E-state index is 0.0745. The average molecular weight is 505 g/mol. The summed E-state index contributed by atoms with van der Waals surface area (Å²) in [6.07, 6.45) is 0.569. The molecule has 10 heteroatoms. The number of rotatable bonds is 9. The standard InChI is InChI=1S/C27H25FN4O5/c1-30(15-14-18-4-13-25(36-2)26(16-18)37-3)27(33)24-17-23(19-5-7-20(28)8-6-19)29-31(24)21-9-11-22(12-10-21)32(34)35/h4-13,16-17H,14-15H2,1-3H3. The first-order valence-corrected chi connectivity index (χ1v) is 11.4. The van der Waals surface area contributed by atoms with Gasteiger partial charge in [0.05, 0.1) is 30.5 Å². The molecule has 0 atom stereocenters. The van der Waals surface area contributed by atoms with Crippen LogP contribution in [0.4, 0.5) is 10.1 Å². The minimum atomic E-state index is -0.495. The predicted octanol–water partition coefficient (Wildman–Crippen LogP) is 4.92. The smallest absolute Gasteiger partial charge is 0.272 e. The molecular weight excluding hydrogens is 479 g/mol. The van der Waals surface area contributed by atoms with Crippen LogP contribution in [0.3, 0.4) is 0 Å². The van der Waals surface area contributed by atoms with Crippen LogP contribution in [-0.4, -0.2) is 53.3 Å². The molecule has 0 radical (unpaired) electrons. The lowest BCUT2D eigenvalue weighted by molar-refractivity contribution is -0.384. The lowest BCUT2D eigenvalue weighted by Crippen LogP contribution is -2.30. The molecule has 0 spiro atoms. The van der Waals surface area contributed by atoms with E-state index in [1.807, 2.05) is 18.2 Å². The van der Waals surface area contributed by atoms with Crippen LogP contribution >= 0.6 is 0 Å². The van der Waals surface area contributed by atoms with Crippen molar-refractivity contribution in [2.75, 3.05) is 27.8 Å². The Morgan fingerprint density at radius 3 is 2.30 bits per heavy atom. The number of ether oxygens (including phenoxy) is 2. The third kappa shape index (κ3) is 5.58. The largest absolute Gasteiger partial charge is 0.493 e. The van der Waals surface area contributed by atoms with E-state index in [4.69, 9.17) is 9.47 Å². The maximum atomic E-state index is 13.5. The number of benzene rings is 3. The predicted molar refractivity (Wildman–Crippen MR) is 136 cm³/mol. The Morgan fingerprint density at radius 1 is 1.00 bits per heavy atom. The van der Waals surface area contributed by atoms with Crippen LogP contribution in [0.25, 0.3) is 16.9 Å².